The quantitative estimate of drug-likeness (QED) is 0.531. The smallest absolute Gasteiger partial charge is 0.224 e. The van der Waals surface area contributed by atoms with E-state index in [1.165, 1.54) is 17.7 Å². The Balaban J connectivity index is 3.05. The van der Waals surface area contributed by atoms with Crippen molar-refractivity contribution < 1.29 is 0 Å². The lowest BCUT2D eigenvalue weighted by molar-refractivity contribution is 1.21. The molecule has 2 heterocycles. The Kier molecular flexibility index (Phi) is 1.87. The molecule has 0 saturated heterocycles. The number of H-pyrrole nitrogens is 1. The summed E-state index contributed by atoms with van der Waals surface area (Å²) >= 11 is 6.57. The number of rotatable bonds is 0. The van der Waals surface area contributed by atoms with Crippen molar-refractivity contribution in [2.24, 2.45) is 0 Å². The highest BCUT2D eigenvalue weighted by atomic mass is 32.1. The van der Waals surface area contributed by atoms with Crippen LogP contribution < -0.4 is 0 Å². The lowest BCUT2D eigenvalue weighted by Gasteiger charge is -1.88. The fourth-order valence-electron chi connectivity index (χ4n) is 1.17. The second-order valence-electron chi connectivity index (χ2n) is 2.53. The van der Waals surface area contributed by atoms with Crippen LogP contribution >= 0.6 is 23.6 Å². The lowest BCUT2D eigenvalue weighted by Crippen LogP contribution is -1.76. The zero-order valence-corrected chi connectivity index (χ0v) is 8.42. The largest absolute Gasteiger partial charge is 0.354 e. The topological polar surface area (TPSA) is 33.0 Å². The number of fused-ring (bicyclic) bond motifs is 1. The van der Waals surface area contributed by atoms with Crippen molar-refractivity contribution in [1.29, 1.82) is 0 Å². The third-order valence-electron chi connectivity index (χ3n) is 1.75. The van der Waals surface area contributed by atoms with Gasteiger partial charge in [-0.25, -0.2) is 9.83 Å². The van der Waals surface area contributed by atoms with Crippen molar-refractivity contribution in [1.82, 2.24) is 9.97 Å². The SMILES string of the molecule is [C-]#[N+]c1c(C)sc2c(=S)nc[nH]c12. The van der Waals surface area contributed by atoms with Crippen LogP contribution in [-0.2, 0) is 0 Å². The van der Waals surface area contributed by atoms with E-state index in [0.717, 1.165) is 15.1 Å². The normalized spacial score (nSPS) is 10.2. The van der Waals surface area contributed by atoms with E-state index in [1.807, 2.05) is 6.92 Å². The monoisotopic (exact) mass is 207 g/mol. The van der Waals surface area contributed by atoms with Gasteiger partial charge in [-0.2, -0.15) is 0 Å². The fourth-order valence-corrected chi connectivity index (χ4v) is 2.40. The highest BCUT2D eigenvalue weighted by molar-refractivity contribution is 7.71. The third kappa shape index (κ3) is 1.15. The molecule has 0 aromatic carbocycles. The molecule has 64 valence electrons. The van der Waals surface area contributed by atoms with E-state index in [0.29, 0.717) is 10.3 Å². The molecule has 1 N–H and O–H groups in total. The highest BCUT2D eigenvalue weighted by Gasteiger charge is 2.09. The average molecular weight is 207 g/mol. The number of aromatic nitrogens is 2. The van der Waals surface area contributed by atoms with Gasteiger partial charge < -0.3 is 4.98 Å². The summed E-state index contributed by atoms with van der Waals surface area (Å²) in [4.78, 5) is 11.4. The van der Waals surface area contributed by atoms with Crippen LogP contribution in [0.5, 0.6) is 0 Å². The summed E-state index contributed by atoms with van der Waals surface area (Å²) in [6, 6.07) is 0. The predicted octanol–water partition coefficient (Wildman–Crippen LogP) is 3.21. The molecule has 3 nitrogen and oxygen atoms in total. The standard InChI is InChI=1S/C8H5N3S2/c1-4-5(9-2)6-7(13-4)8(12)11-3-10-6/h3H,1H3,(H,10,11,12). The van der Waals surface area contributed by atoms with Crippen LogP contribution in [0.3, 0.4) is 0 Å². The minimum atomic E-state index is 0.566. The van der Waals surface area contributed by atoms with Gasteiger partial charge in [0, 0.05) is 4.88 Å². The van der Waals surface area contributed by atoms with Crippen molar-refractivity contribution in [2.45, 2.75) is 6.92 Å². The van der Waals surface area contributed by atoms with E-state index in [-0.39, 0.29) is 0 Å². The summed E-state index contributed by atoms with van der Waals surface area (Å²) in [5.41, 5.74) is 1.48. The molecule has 0 bridgehead atoms. The Morgan fingerprint density at radius 3 is 3.15 bits per heavy atom. The zero-order chi connectivity index (χ0) is 9.42. The third-order valence-corrected chi connectivity index (χ3v) is 3.29. The van der Waals surface area contributed by atoms with Gasteiger partial charge in [-0.1, -0.05) is 12.2 Å². The van der Waals surface area contributed by atoms with Crippen molar-refractivity contribution in [3.05, 3.63) is 27.3 Å². The highest BCUT2D eigenvalue weighted by Crippen LogP contribution is 2.35. The fraction of sp³-hybridized carbons (Fsp3) is 0.125. The van der Waals surface area contributed by atoms with Crippen molar-refractivity contribution in [3.8, 4) is 0 Å². The van der Waals surface area contributed by atoms with Crippen LogP contribution in [0.25, 0.3) is 15.1 Å². The van der Waals surface area contributed by atoms with Crippen LogP contribution in [0.1, 0.15) is 4.88 Å². The van der Waals surface area contributed by atoms with Crippen molar-refractivity contribution in [2.75, 3.05) is 0 Å². The molecule has 0 unspecified atom stereocenters. The van der Waals surface area contributed by atoms with Gasteiger partial charge in [0.05, 0.1) is 23.1 Å². The zero-order valence-electron chi connectivity index (χ0n) is 6.79. The number of aromatic amines is 1. The molecule has 2 aromatic heterocycles. The Bertz CT molecular complexity index is 559. The summed E-state index contributed by atoms with van der Waals surface area (Å²) in [5.74, 6) is 0. The van der Waals surface area contributed by atoms with Gasteiger partial charge >= 0.3 is 0 Å². The molecule has 2 aromatic rings. The van der Waals surface area contributed by atoms with Crippen molar-refractivity contribution >= 4 is 39.5 Å². The molecule has 0 amide bonds. The summed E-state index contributed by atoms with van der Waals surface area (Å²) in [6.07, 6.45) is 1.53. The van der Waals surface area contributed by atoms with Gasteiger partial charge in [0.15, 0.2) is 0 Å². The van der Waals surface area contributed by atoms with Gasteiger partial charge in [-0.05, 0) is 6.92 Å². The summed E-state index contributed by atoms with van der Waals surface area (Å²) in [7, 11) is 0. The van der Waals surface area contributed by atoms with Crippen LogP contribution in [0, 0.1) is 18.1 Å². The maximum absolute atomic E-state index is 7.01. The minimum Gasteiger partial charge on any atom is -0.354 e. The number of nitrogens with zero attached hydrogens (tertiary/aromatic N) is 2. The molecule has 0 aliphatic carbocycles. The Morgan fingerprint density at radius 2 is 2.46 bits per heavy atom. The minimum absolute atomic E-state index is 0.566. The van der Waals surface area contributed by atoms with E-state index in [2.05, 4.69) is 14.8 Å². The molecule has 0 spiro atoms. The molecule has 0 radical (unpaired) electrons. The second kappa shape index (κ2) is 2.91. The summed E-state index contributed by atoms with van der Waals surface area (Å²) < 4.78 is 1.47. The Labute approximate surface area is 83.9 Å². The molecular weight excluding hydrogens is 202 g/mol. The van der Waals surface area contributed by atoms with Crippen molar-refractivity contribution in [3.63, 3.8) is 0 Å². The number of hydrogen-bond donors (Lipinski definition) is 1. The molecule has 13 heavy (non-hydrogen) atoms. The first-order chi connectivity index (χ1) is 6.24. The van der Waals surface area contributed by atoms with Crippen LogP contribution in [-0.4, -0.2) is 9.97 Å². The van der Waals surface area contributed by atoms with Crippen LogP contribution in [0.2, 0.25) is 0 Å². The molecule has 0 saturated carbocycles. The molecule has 0 atom stereocenters. The average Bonchev–Trinajstić information content (AvgIpc) is 2.43. The first-order valence-electron chi connectivity index (χ1n) is 3.58. The summed E-state index contributed by atoms with van der Waals surface area (Å²) in [6.45, 7) is 8.93. The van der Waals surface area contributed by atoms with E-state index >= 15 is 0 Å². The molecule has 0 aliphatic rings. The maximum atomic E-state index is 7.01. The second-order valence-corrected chi connectivity index (χ2v) is 4.14. The molecular formula is C8H5N3S2. The first-order valence-corrected chi connectivity index (χ1v) is 4.80. The number of nitrogens with one attached hydrogen (secondary N) is 1. The van der Waals surface area contributed by atoms with Gasteiger partial charge in [0.1, 0.15) is 4.64 Å². The van der Waals surface area contributed by atoms with Gasteiger partial charge in [-0.15, -0.1) is 11.3 Å². The molecule has 0 aliphatic heterocycles. The predicted molar refractivity (Wildman–Crippen MR) is 55.8 cm³/mol. The van der Waals surface area contributed by atoms with E-state index < -0.39 is 0 Å². The van der Waals surface area contributed by atoms with Gasteiger partial charge in [-0.3, -0.25) is 0 Å². The molecule has 2 rings (SSSR count). The first kappa shape index (κ1) is 8.35. The number of thiophene rings is 1. The van der Waals surface area contributed by atoms with Crippen LogP contribution in [0.15, 0.2) is 6.33 Å². The molecule has 5 heteroatoms. The van der Waals surface area contributed by atoms with Gasteiger partial charge in [0.2, 0.25) is 5.69 Å². The maximum Gasteiger partial charge on any atom is 0.224 e. The lowest BCUT2D eigenvalue weighted by atomic mass is 10.3. The van der Waals surface area contributed by atoms with E-state index in [1.54, 1.807) is 0 Å². The molecule has 0 fully saturated rings. The van der Waals surface area contributed by atoms with E-state index in [9.17, 15) is 0 Å². The Morgan fingerprint density at radius 1 is 1.69 bits per heavy atom. The number of hydrogen-bond acceptors (Lipinski definition) is 3. The number of aryl methyl sites for hydroxylation is 1. The van der Waals surface area contributed by atoms with E-state index in [4.69, 9.17) is 18.8 Å². The Hall–Kier alpha value is -1.25. The van der Waals surface area contributed by atoms with Gasteiger partial charge in [0.25, 0.3) is 0 Å². The van der Waals surface area contributed by atoms with Crippen LogP contribution in [0.4, 0.5) is 5.69 Å². The summed E-state index contributed by atoms with van der Waals surface area (Å²) in [5, 5.41) is 0.